The third-order valence-corrected chi connectivity index (χ3v) is 3.05. The molecule has 0 atom stereocenters. The van der Waals surface area contributed by atoms with Gasteiger partial charge < -0.3 is 15.0 Å². The van der Waals surface area contributed by atoms with Crippen LogP contribution in [0.15, 0.2) is 42.7 Å². The van der Waals surface area contributed by atoms with Gasteiger partial charge in [0.05, 0.1) is 12.8 Å². The molecule has 19 heavy (non-hydrogen) atoms. The van der Waals surface area contributed by atoms with Crippen molar-refractivity contribution in [2.75, 3.05) is 26.1 Å². The van der Waals surface area contributed by atoms with Gasteiger partial charge in [-0.05, 0) is 25.2 Å². The fraction of sp³-hybridized carbons (Fsp3) is 0.267. The monoisotopic (exact) mass is 257 g/mol. The standard InChI is InChI=1S/C15H19N3O/c1-16-10-12-11-17-9-8-13(12)18(2)14-6-4-5-7-15(14)19-3/h4-9,11,16H,10H2,1-3H3. The molecule has 0 fully saturated rings. The van der Waals surface area contributed by atoms with Gasteiger partial charge in [0, 0.05) is 37.2 Å². The summed E-state index contributed by atoms with van der Waals surface area (Å²) in [5.41, 5.74) is 3.31. The summed E-state index contributed by atoms with van der Waals surface area (Å²) >= 11 is 0. The molecule has 0 radical (unpaired) electrons. The third-order valence-electron chi connectivity index (χ3n) is 3.05. The van der Waals surface area contributed by atoms with E-state index in [4.69, 9.17) is 4.74 Å². The second-order valence-corrected chi connectivity index (χ2v) is 4.27. The minimum Gasteiger partial charge on any atom is -0.495 e. The first-order valence-electron chi connectivity index (χ1n) is 6.22. The lowest BCUT2D eigenvalue weighted by Gasteiger charge is -2.24. The Hall–Kier alpha value is -2.07. The van der Waals surface area contributed by atoms with Crippen molar-refractivity contribution in [3.8, 4) is 5.75 Å². The van der Waals surface area contributed by atoms with Crippen LogP contribution in [0.5, 0.6) is 5.75 Å². The summed E-state index contributed by atoms with van der Waals surface area (Å²) in [4.78, 5) is 6.30. The Kier molecular flexibility index (Phi) is 4.36. The molecule has 0 saturated heterocycles. The highest BCUT2D eigenvalue weighted by Gasteiger charge is 2.12. The maximum absolute atomic E-state index is 5.41. The van der Waals surface area contributed by atoms with Gasteiger partial charge in [0.25, 0.3) is 0 Å². The number of hydrogen-bond donors (Lipinski definition) is 1. The molecule has 0 aliphatic rings. The lowest BCUT2D eigenvalue weighted by Crippen LogP contribution is -2.15. The summed E-state index contributed by atoms with van der Waals surface area (Å²) < 4.78 is 5.41. The van der Waals surface area contributed by atoms with Gasteiger partial charge in [-0.15, -0.1) is 0 Å². The van der Waals surface area contributed by atoms with E-state index in [1.165, 1.54) is 0 Å². The first kappa shape index (κ1) is 13.4. The van der Waals surface area contributed by atoms with Crippen molar-refractivity contribution in [3.05, 3.63) is 48.3 Å². The maximum atomic E-state index is 5.41. The second-order valence-electron chi connectivity index (χ2n) is 4.27. The number of pyridine rings is 1. The summed E-state index contributed by atoms with van der Waals surface area (Å²) in [5, 5.41) is 3.16. The Morgan fingerprint density at radius 1 is 1.21 bits per heavy atom. The lowest BCUT2D eigenvalue weighted by molar-refractivity contribution is 0.415. The van der Waals surface area contributed by atoms with Crippen LogP contribution in [0.1, 0.15) is 5.56 Å². The van der Waals surface area contributed by atoms with Crippen molar-refractivity contribution < 1.29 is 4.74 Å². The van der Waals surface area contributed by atoms with Crippen LogP contribution in [-0.4, -0.2) is 26.2 Å². The fourth-order valence-corrected chi connectivity index (χ4v) is 2.11. The fourth-order valence-electron chi connectivity index (χ4n) is 2.11. The van der Waals surface area contributed by atoms with Crippen LogP contribution in [0.3, 0.4) is 0 Å². The first-order valence-corrected chi connectivity index (χ1v) is 6.22. The molecule has 1 heterocycles. The number of ether oxygens (including phenoxy) is 1. The average Bonchev–Trinajstić information content (AvgIpc) is 2.47. The highest BCUT2D eigenvalue weighted by atomic mass is 16.5. The largest absolute Gasteiger partial charge is 0.495 e. The van der Waals surface area contributed by atoms with Crippen molar-refractivity contribution in [2.45, 2.75) is 6.54 Å². The van der Waals surface area contributed by atoms with Gasteiger partial charge in [0.1, 0.15) is 5.75 Å². The second kappa shape index (κ2) is 6.20. The van der Waals surface area contributed by atoms with Crippen LogP contribution < -0.4 is 15.0 Å². The summed E-state index contributed by atoms with van der Waals surface area (Å²) in [7, 11) is 5.65. The molecule has 1 aromatic heterocycles. The smallest absolute Gasteiger partial charge is 0.142 e. The highest BCUT2D eigenvalue weighted by Crippen LogP contribution is 2.33. The molecule has 4 heteroatoms. The zero-order valence-corrected chi connectivity index (χ0v) is 11.6. The SMILES string of the molecule is CNCc1cnccc1N(C)c1ccccc1OC. The van der Waals surface area contributed by atoms with Gasteiger partial charge in [0.15, 0.2) is 0 Å². The van der Waals surface area contributed by atoms with E-state index in [-0.39, 0.29) is 0 Å². The Bertz CT molecular complexity index is 542. The van der Waals surface area contributed by atoms with Crippen LogP contribution in [0.4, 0.5) is 11.4 Å². The van der Waals surface area contributed by atoms with Crippen molar-refractivity contribution >= 4 is 11.4 Å². The van der Waals surface area contributed by atoms with Gasteiger partial charge in [-0.25, -0.2) is 0 Å². The Morgan fingerprint density at radius 2 is 2.00 bits per heavy atom. The van der Waals surface area contributed by atoms with Gasteiger partial charge in [0.2, 0.25) is 0 Å². The summed E-state index contributed by atoms with van der Waals surface area (Å²) in [6.07, 6.45) is 3.69. The molecular weight excluding hydrogens is 238 g/mol. The van der Waals surface area contributed by atoms with Crippen LogP contribution in [0.25, 0.3) is 0 Å². The topological polar surface area (TPSA) is 37.4 Å². The number of rotatable bonds is 5. The predicted molar refractivity (Wildman–Crippen MR) is 78.1 cm³/mol. The number of anilines is 2. The molecule has 0 aliphatic carbocycles. The van der Waals surface area contributed by atoms with E-state index in [1.54, 1.807) is 13.3 Å². The zero-order valence-electron chi connectivity index (χ0n) is 11.6. The van der Waals surface area contributed by atoms with Crippen molar-refractivity contribution in [1.82, 2.24) is 10.3 Å². The molecule has 2 rings (SSSR count). The number of methoxy groups -OCH3 is 1. The molecule has 2 aromatic rings. The number of aromatic nitrogens is 1. The lowest BCUT2D eigenvalue weighted by atomic mass is 10.2. The predicted octanol–water partition coefficient (Wildman–Crippen LogP) is 2.58. The molecule has 0 aliphatic heterocycles. The summed E-state index contributed by atoms with van der Waals surface area (Å²) in [6, 6.07) is 10.00. The van der Waals surface area contributed by atoms with Gasteiger partial charge in [-0.1, -0.05) is 12.1 Å². The van der Waals surface area contributed by atoms with E-state index in [2.05, 4.69) is 15.2 Å². The Balaban J connectivity index is 2.41. The number of para-hydroxylation sites is 2. The minimum absolute atomic E-state index is 0.780. The molecule has 1 aromatic carbocycles. The molecule has 0 unspecified atom stereocenters. The molecule has 0 spiro atoms. The Labute approximate surface area is 114 Å². The summed E-state index contributed by atoms with van der Waals surface area (Å²) in [5.74, 6) is 0.859. The van der Waals surface area contributed by atoms with E-state index in [1.807, 2.05) is 50.6 Å². The average molecular weight is 257 g/mol. The van der Waals surface area contributed by atoms with Crippen LogP contribution >= 0.6 is 0 Å². The number of hydrogen-bond acceptors (Lipinski definition) is 4. The van der Waals surface area contributed by atoms with Gasteiger partial charge >= 0.3 is 0 Å². The number of benzene rings is 1. The van der Waals surface area contributed by atoms with E-state index in [0.29, 0.717) is 0 Å². The quantitative estimate of drug-likeness (QED) is 0.893. The Morgan fingerprint density at radius 3 is 2.74 bits per heavy atom. The van der Waals surface area contributed by atoms with E-state index < -0.39 is 0 Å². The van der Waals surface area contributed by atoms with Crippen LogP contribution in [0, 0.1) is 0 Å². The minimum atomic E-state index is 0.780. The van der Waals surface area contributed by atoms with Crippen LogP contribution in [0.2, 0.25) is 0 Å². The molecular formula is C15H19N3O. The third kappa shape index (κ3) is 2.85. The normalized spacial score (nSPS) is 10.3. The molecule has 0 bridgehead atoms. The van der Waals surface area contributed by atoms with Crippen LogP contribution in [-0.2, 0) is 6.54 Å². The van der Waals surface area contributed by atoms with Gasteiger partial charge in [-0.2, -0.15) is 0 Å². The van der Waals surface area contributed by atoms with E-state index in [9.17, 15) is 0 Å². The van der Waals surface area contributed by atoms with E-state index >= 15 is 0 Å². The zero-order chi connectivity index (χ0) is 13.7. The number of nitrogens with zero attached hydrogens (tertiary/aromatic N) is 2. The van der Waals surface area contributed by atoms with Crippen molar-refractivity contribution in [2.24, 2.45) is 0 Å². The van der Waals surface area contributed by atoms with Gasteiger partial charge in [-0.3, -0.25) is 4.98 Å². The molecule has 4 nitrogen and oxygen atoms in total. The molecule has 0 saturated carbocycles. The van der Waals surface area contributed by atoms with Crippen molar-refractivity contribution in [1.29, 1.82) is 0 Å². The maximum Gasteiger partial charge on any atom is 0.142 e. The van der Waals surface area contributed by atoms with E-state index in [0.717, 1.165) is 29.2 Å². The molecule has 100 valence electrons. The van der Waals surface area contributed by atoms with Crippen molar-refractivity contribution in [3.63, 3.8) is 0 Å². The number of nitrogens with one attached hydrogen (secondary N) is 1. The first-order chi connectivity index (χ1) is 9.27. The molecule has 0 amide bonds. The molecule has 1 N–H and O–H groups in total. The summed E-state index contributed by atoms with van der Waals surface area (Å²) in [6.45, 7) is 0.780. The highest BCUT2D eigenvalue weighted by molar-refractivity contribution is 5.70.